The van der Waals surface area contributed by atoms with Gasteiger partial charge in [-0.25, -0.2) is 9.67 Å². The van der Waals surface area contributed by atoms with E-state index in [0.717, 1.165) is 0 Å². The van der Waals surface area contributed by atoms with Gasteiger partial charge in [0.25, 0.3) is 0 Å². The largest absolute Gasteiger partial charge is 0.550 e. The molecule has 0 N–H and O–H groups in total. The summed E-state index contributed by atoms with van der Waals surface area (Å²) in [5.74, 6) is 0.322. The van der Waals surface area contributed by atoms with Crippen molar-refractivity contribution in [3.63, 3.8) is 0 Å². The van der Waals surface area contributed by atoms with E-state index in [4.69, 9.17) is 49.0 Å². The Morgan fingerprint density at radius 1 is 1.13 bits per heavy atom. The predicted molar refractivity (Wildman–Crippen MR) is 135 cm³/mol. The Morgan fingerprint density at radius 3 is 2.68 bits per heavy atom. The van der Waals surface area contributed by atoms with Gasteiger partial charge in [-0.15, -0.1) is 5.10 Å². The topological polar surface area (TPSA) is 129 Å². The van der Waals surface area contributed by atoms with Crippen LogP contribution in [0.1, 0.15) is 41.4 Å². The summed E-state index contributed by atoms with van der Waals surface area (Å²) in [7, 11) is 3.10. The molecule has 2 aromatic heterocycles. The van der Waals surface area contributed by atoms with Gasteiger partial charge in [0, 0.05) is 41.5 Å². The lowest BCUT2D eigenvalue weighted by atomic mass is 9.98. The first kappa shape index (κ1) is 26.2. The van der Waals surface area contributed by atoms with Gasteiger partial charge in [-0.05, 0) is 34.7 Å². The smallest absolute Gasteiger partial charge is 0.167 e. The molecule has 0 amide bonds. The Balaban J connectivity index is 1.64. The van der Waals surface area contributed by atoms with E-state index >= 15 is 0 Å². The van der Waals surface area contributed by atoms with Crippen LogP contribution in [0.4, 0.5) is 0 Å². The summed E-state index contributed by atoms with van der Waals surface area (Å²) < 4.78 is 21.1. The summed E-state index contributed by atoms with van der Waals surface area (Å²) in [4.78, 5) is 15.6. The second kappa shape index (κ2) is 10.8. The van der Waals surface area contributed by atoms with Crippen LogP contribution in [0.3, 0.4) is 0 Å². The number of fused-ring (bicyclic) bond motifs is 3. The Labute approximate surface area is 231 Å². The van der Waals surface area contributed by atoms with E-state index in [1.165, 1.54) is 4.68 Å². The van der Waals surface area contributed by atoms with Crippen molar-refractivity contribution in [2.24, 2.45) is 0 Å². The third-order valence-corrected chi connectivity index (χ3v) is 7.08. The zero-order valence-electron chi connectivity index (χ0n) is 20.1. The van der Waals surface area contributed by atoms with Crippen molar-refractivity contribution in [3.8, 4) is 17.2 Å². The molecule has 5 rings (SSSR count). The highest BCUT2D eigenvalue weighted by molar-refractivity contribution is 6.40. The van der Waals surface area contributed by atoms with Crippen molar-refractivity contribution < 1.29 is 24.1 Å². The van der Waals surface area contributed by atoms with Crippen LogP contribution in [0.25, 0.3) is 5.69 Å². The second-order valence-electron chi connectivity index (χ2n) is 8.33. The average molecular weight is 579 g/mol. The average Bonchev–Trinajstić information content (AvgIpc) is 3.42. The molecule has 0 radical (unpaired) electrons. The summed E-state index contributed by atoms with van der Waals surface area (Å²) in [6.45, 7) is 0.210. The second-order valence-corrected chi connectivity index (χ2v) is 9.49. The number of rotatable bonds is 8. The number of halogens is 3. The van der Waals surface area contributed by atoms with E-state index in [0.29, 0.717) is 45.6 Å². The fourth-order valence-corrected chi connectivity index (χ4v) is 5.09. The van der Waals surface area contributed by atoms with Gasteiger partial charge in [-0.2, -0.15) is 0 Å². The molecule has 198 valence electrons. The Kier molecular flexibility index (Phi) is 7.44. The molecule has 2 atom stereocenters. The molecule has 2 aromatic carbocycles. The molecule has 1 aliphatic rings. The first-order valence-electron chi connectivity index (χ1n) is 11.4. The number of carboxylic acid groups (broad SMARTS) is 1. The van der Waals surface area contributed by atoms with Gasteiger partial charge in [0.2, 0.25) is 0 Å². The summed E-state index contributed by atoms with van der Waals surface area (Å²) in [5.41, 5.74) is 2.06. The first-order valence-corrected chi connectivity index (χ1v) is 12.5. The minimum Gasteiger partial charge on any atom is -0.550 e. The molecule has 0 saturated heterocycles. The summed E-state index contributed by atoms with van der Waals surface area (Å²) in [6, 6.07) is 10.8. The highest BCUT2D eigenvalue weighted by Gasteiger charge is 2.36. The van der Waals surface area contributed by atoms with E-state index in [9.17, 15) is 9.90 Å². The highest BCUT2D eigenvalue weighted by atomic mass is 35.5. The maximum absolute atomic E-state index is 11.1. The number of tetrazole rings is 1. The van der Waals surface area contributed by atoms with E-state index in [1.807, 2.05) is 18.2 Å². The van der Waals surface area contributed by atoms with E-state index in [-0.39, 0.29) is 22.7 Å². The standard InChI is InChI=1S/C24H21Cl3N6O5/c1-36-16-5-3-4-13(21(16)37-2)20-14-10-12(25)6-7-15(14)33-23(27)22(26)28-24(33)17(38-20)8-9-32-18(11-19(34)35)29-30-31-32/h3-7,10,17,20H,8-9,11H2,1-2H3,(H,34,35)/p-1/t17-,20-/m1/s1. The number of nitrogens with zero attached hydrogens (tertiary/aromatic N) is 6. The van der Waals surface area contributed by atoms with Crippen LogP contribution in [0, 0.1) is 0 Å². The maximum atomic E-state index is 11.1. The lowest BCUT2D eigenvalue weighted by molar-refractivity contribution is -0.304. The number of carboxylic acids is 1. The van der Waals surface area contributed by atoms with Crippen LogP contribution >= 0.6 is 34.8 Å². The monoisotopic (exact) mass is 577 g/mol. The van der Waals surface area contributed by atoms with Crippen molar-refractivity contribution in [3.05, 3.63) is 74.5 Å². The van der Waals surface area contributed by atoms with Gasteiger partial charge in [0.1, 0.15) is 18.0 Å². The Morgan fingerprint density at radius 2 is 1.95 bits per heavy atom. The van der Waals surface area contributed by atoms with Gasteiger partial charge in [-0.1, -0.05) is 46.9 Å². The molecule has 0 bridgehead atoms. The van der Waals surface area contributed by atoms with Gasteiger partial charge in [0.05, 0.1) is 19.9 Å². The molecule has 0 saturated carbocycles. The quantitative estimate of drug-likeness (QED) is 0.309. The molecule has 0 fully saturated rings. The van der Waals surface area contributed by atoms with Crippen molar-refractivity contribution in [2.45, 2.75) is 31.6 Å². The lowest BCUT2D eigenvalue weighted by Gasteiger charge is -2.25. The number of benzene rings is 2. The number of ether oxygens (including phenoxy) is 3. The maximum Gasteiger partial charge on any atom is 0.167 e. The molecular formula is C24H20Cl3N6O5-. The highest BCUT2D eigenvalue weighted by Crippen LogP contribution is 2.47. The van der Waals surface area contributed by atoms with Crippen molar-refractivity contribution in [1.29, 1.82) is 0 Å². The number of hydrogen-bond donors (Lipinski definition) is 0. The van der Waals surface area contributed by atoms with Crippen LogP contribution in [-0.4, -0.2) is 49.9 Å². The van der Waals surface area contributed by atoms with Crippen molar-refractivity contribution in [1.82, 2.24) is 29.8 Å². The molecular weight excluding hydrogens is 559 g/mol. The van der Waals surface area contributed by atoms with Crippen LogP contribution in [-0.2, 0) is 22.5 Å². The number of carbonyl (C=O) groups excluding carboxylic acids is 1. The van der Waals surface area contributed by atoms with Crippen molar-refractivity contribution >= 4 is 40.8 Å². The minimum absolute atomic E-state index is 0.105. The van der Waals surface area contributed by atoms with Crippen molar-refractivity contribution in [2.75, 3.05) is 14.2 Å². The zero-order valence-corrected chi connectivity index (χ0v) is 22.4. The molecule has 14 heteroatoms. The number of aromatic nitrogens is 6. The number of hydrogen-bond acceptors (Lipinski definition) is 9. The van der Waals surface area contributed by atoms with Gasteiger partial charge < -0.3 is 24.1 Å². The Bertz CT molecular complexity index is 1510. The number of para-hydroxylation sites is 1. The molecule has 0 unspecified atom stereocenters. The van der Waals surface area contributed by atoms with E-state index in [1.54, 1.807) is 37.0 Å². The summed E-state index contributed by atoms with van der Waals surface area (Å²) >= 11 is 19.4. The molecule has 0 spiro atoms. The number of aliphatic carboxylic acids is 1. The summed E-state index contributed by atoms with van der Waals surface area (Å²) in [6.07, 6.45) is -1.52. The van der Waals surface area contributed by atoms with Crippen LogP contribution in [0.2, 0.25) is 15.3 Å². The van der Waals surface area contributed by atoms with Crippen LogP contribution in [0.5, 0.6) is 11.5 Å². The number of aryl methyl sites for hydroxylation is 1. The zero-order chi connectivity index (χ0) is 27.0. The van der Waals surface area contributed by atoms with Gasteiger partial charge in [0.15, 0.2) is 27.6 Å². The van der Waals surface area contributed by atoms with E-state index < -0.39 is 24.6 Å². The van der Waals surface area contributed by atoms with Crippen LogP contribution < -0.4 is 14.6 Å². The molecule has 1 aliphatic heterocycles. The number of carbonyl (C=O) groups is 1. The molecule has 0 aliphatic carbocycles. The van der Waals surface area contributed by atoms with Crippen LogP contribution in [0.15, 0.2) is 36.4 Å². The molecule has 4 aromatic rings. The third kappa shape index (κ3) is 4.78. The summed E-state index contributed by atoms with van der Waals surface area (Å²) in [5, 5.41) is 23.2. The molecule has 11 nitrogen and oxygen atoms in total. The fraction of sp³-hybridized carbons (Fsp3) is 0.292. The van der Waals surface area contributed by atoms with Gasteiger partial charge in [-0.3, -0.25) is 4.57 Å². The molecule has 3 heterocycles. The van der Waals surface area contributed by atoms with E-state index in [2.05, 4.69) is 20.5 Å². The number of imidazole rings is 1. The fourth-order valence-electron chi connectivity index (χ4n) is 4.52. The molecule has 38 heavy (non-hydrogen) atoms. The third-order valence-electron chi connectivity index (χ3n) is 6.14. The lowest BCUT2D eigenvalue weighted by Crippen LogP contribution is -2.26. The first-order chi connectivity index (χ1) is 18.3. The normalized spacial score (nSPS) is 16.4. The SMILES string of the molecule is COc1cccc([C@H]2O[C@H](CCn3nnnc3CC(=O)[O-])c3nc(Cl)c(Cl)n3-c3ccc(Cl)cc32)c1OC. The predicted octanol–water partition coefficient (Wildman–Crippen LogP) is 3.38. The Hall–Kier alpha value is -3.38. The number of methoxy groups -OCH3 is 2. The minimum atomic E-state index is -1.29. The van der Waals surface area contributed by atoms with Gasteiger partial charge >= 0.3 is 0 Å².